The van der Waals surface area contributed by atoms with Crippen molar-refractivity contribution in [2.24, 2.45) is 5.73 Å². The van der Waals surface area contributed by atoms with Gasteiger partial charge < -0.3 is 10.5 Å². The van der Waals surface area contributed by atoms with Crippen LogP contribution in [-0.2, 0) is 0 Å². The summed E-state index contributed by atoms with van der Waals surface area (Å²) >= 11 is 0. The van der Waals surface area contributed by atoms with Gasteiger partial charge in [0.25, 0.3) is 0 Å². The van der Waals surface area contributed by atoms with E-state index in [0.29, 0.717) is 11.3 Å². The maximum absolute atomic E-state index is 13.1. The first-order chi connectivity index (χ1) is 6.59. The molecule has 1 heterocycles. The van der Waals surface area contributed by atoms with Crippen molar-refractivity contribution < 1.29 is 14.1 Å². The molecule has 0 radical (unpaired) electrons. The lowest BCUT2D eigenvalue weighted by Gasteiger charge is -2.00. The highest BCUT2D eigenvalue weighted by Crippen LogP contribution is 2.35. The van der Waals surface area contributed by atoms with Crippen LogP contribution in [0.5, 0.6) is 5.75 Å². The van der Waals surface area contributed by atoms with Crippen molar-refractivity contribution in [1.29, 1.82) is 0 Å². The van der Waals surface area contributed by atoms with Gasteiger partial charge in [-0.3, -0.25) is 10.1 Å². The standard InChI is InChI=1S/C8H7FN2O3/c9-5-1-4-6(10)3-14-8(4)2-7(5)11(12)13/h1-2,6H,3,10H2. The predicted octanol–water partition coefficient (Wildman–Crippen LogP) is 1.13. The molecule has 0 saturated heterocycles. The van der Waals surface area contributed by atoms with E-state index in [-0.39, 0.29) is 6.61 Å². The first kappa shape index (κ1) is 8.89. The van der Waals surface area contributed by atoms with E-state index in [1.54, 1.807) is 0 Å². The molecular weight excluding hydrogens is 191 g/mol. The maximum Gasteiger partial charge on any atom is 0.308 e. The lowest BCUT2D eigenvalue weighted by atomic mass is 10.1. The minimum atomic E-state index is -0.880. The molecule has 0 aliphatic carbocycles. The second-order valence-electron chi connectivity index (χ2n) is 3.02. The van der Waals surface area contributed by atoms with Gasteiger partial charge in [0.15, 0.2) is 0 Å². The number of benzene rings is 1. The van der Waals surface area contributed by atoms with Crippen molar-refractivity contribution in [3.63, 3.8) is 0 Å². The Balaban J connectivity index is 2.55. The van der Waals surface area contributed by atoms with Crippen molar-refractivity contribution in [1.82, 2.24) is 0 Å². The normalized spacial score (nSPS) is 18.9. The lowest BCUT2D eigenvalue weighted by Crippen LogP contribution is -2.10. The number of rotatable bonds is 1. The molecule has 0 aromatic heterocycles. The molecule has 0 spiro atoms. The summed E-state index contributed by atoms with van der Waals surface area (Å²) in [7, 11) is 0. The fourth-order valence-electron chi connectivity index (χ4n) is 1.38. The Morgan fingerprint density at radius 2 is 2.36 bits per heavy atom. The molecule has 1 aliphatic heterocycles. The molecule has 1 aromatic carbocycles. The maximum atomic E-state index is 13.1. The molecule has 6 heteroatoms. The van der Waals surface area contributed by atoms with Crippen LogP contribution in [0.1, 0.15) is 11.6 Å². The van der Waals surface area contributed by atoms with Gasteiger partial charge in [0.1, 0.15) is 12.4 Å². The summed E-state index contributed by atoms with van der Waals surface area (Å²) in [6, 6.07) is 1.73. The van der Waals surface area contributed by atoms with E-state index in [4.69, 9.17) is 10.5 Å². The number of nitro groups is 1. The molecule has 1 aromatic rings. The van der Waals surface area contributed by atoms with Crippen LogP contribution in [-0.4, -0.2) is 11.5 Å². The summed E-state index contributed by atoms with van der Waals surface area (Å²) in [6.07, 6.45) is 0. The number of ether oxygens (including phenoxy) is 1. The molecule has 0 fully saturated rings. The molecule has 2 N–H and O–H groups in total. The minimum Gasteiger partial charge on any atom is -0.491 e. The van der Waals surface area contributed by atoms with Crippen LogP contribution in [0, 0.1) is 15.9 Å². The highest BCUT2D eigenvalue weighted by atomic mass is 19.1. The van der Waals surface area contributed by atoms with E-state index in [1.807, 2.05) is 0 Å². The van der Waals surface area contributed by atoms with E-state index >= 15 is 0 Å². The highest BCUT2D eigenvalue weighted by Gasteiger charge is 2.26. The monoisotopic (exact) mass is 198 g/mol. The Morgan fingerprint density at radius 3 is 3.00 bits per heavy atom. The smallest absolute Gasteiger partial charge is 0.308 e. The summed E-state index contributed by atoms with van der Waals surface area (Å²) in [5.74, 6) is -0.583. The van der Waals surface area contributed by atoms with Crippen molar-refractivity contribution >= 4 is 5.69 Å². The van der Waals surface area contributed by atoms with Gasteiger partial charge in [-0.15, -0.1) is 0 Å². The van der Waals surface area contributed by atoms with E-state index in [2.05, 4.69) is 0 Å². The third-order valence-electron chi connectivity index (χ3n) is 2.09. The summed E-state index contributed by atoms with van der Waals surface area (Å²) in [5.41, 5.74) is 5.47. The van der Waals surface area contributed by atoms with Crippen LogP contribution in [0.4, 0.5) is 10.1 Å². The summed E-state index contributed by atoms with van der Waals surface area (Å²) < 4.78 is 18.2. The summed E-state index contributed by atoms with van der Waals surface area (Å²) in [5, 5.41) is 10.4. The number of nitrogens with two attached hydrogens (primary N) is 1. The molecule has 1 unspecified atom stereocenters. The van der Waals surface area contributed by atoms with Gasteiger partial charge in [-0.25, -0.2) is 0 Å². The Morgan fingerprint density at radius 1 is 1.64 bits per heavy atom. The number of nitro benzene ring substituents is 1. The van der Waals surface area contributed by atoms with E-state index < -0.39 is 22.5 Å². The molecule has 0 amide bonds. The van der Waals surface area contributed by atoms with Crippen LogP contribution in [0.15, 0.2) is 12.1 Å². The zero-order chi connectivity index (χ0) is 10.3. The molecule has 74 valence electrons. The molecule has 14 heavy (non-hydrogen) atoms. The molecule has 5 nitrogen and oxygen atoms in total. The average molecular weight is 198 g/mol. The lowest BCUT2D eigenvalue weighted by molar-refractivity contribution is -0.387. The zero-order valence-electron chi connectivity index (χ0n) is 7.07. The van der Waals surface area contributed by atoms with E-state index in [1.165, 1.54) is 0 Å². The fraction of sp³-hybridized carbons (Fsp3) is 0.250. The van der Waals surface area contributed by atoms with Crippen molar-refractivity contribution in [2.45, 2.75) is 6.04 Å². The number of hydrogen-bond acceptors (Lipinski definition) is 4. The van der Waals surface area contributed by atoms with Crippen molar-refractivity contribution in [2.75, 3.05) is 6.61 Å². The van der Waals surface area contributed by atoms with Gasteiger partial charge in [-0.2, -0.15) is 4.39 Å². The van der Waals surface area contributed by atoms with Gasteiger partial charge in [0.2, 0.25) is 5.82 Å². The molecule has 0 bridgehead atoms. The fourth-order valence-corrected chi connectivity index (χ4v) is 1.38. The van der Waals surface area contributed by atoms with Crippen LogP contribution >= 0.6 is 0 Å². The van der Waals surface area contributed by atoms with Gasteiger partial charge in [-0.1, -0.05) is 0 Å². The van der Waals surface area contributed by atoms with Crippen LogP contribution in [0.3, 0.4) is 0 Å². The Kier molecular flexibility index (Phi) is 1.85. The first-order valence-electron chi connectivity index (χ1n) is 3.96. The first-order valence-corrected chi connectivity index (χ1v) is 3.96. The van der Waals surface area contributed by atoms with Gasteiger partial charge >= 0.3 is 5.69 Å². The molecule has 1 atom stereocenters. The molecule has 1 aliphatic rings. The second kappa shape index (κ2) is 2.91. The Hall–Kier alpha value is -1.69. The highest BCUT2D eigenvalue weighted by molar-refractivity contribution is 5.48. The number of hydrogen-bond donors (Lipinski definition) is 1. The van der Waals surface area contributed by atoms with Crippen LogP contribution in [0.25, 0.3) is 0 Å². The second-order valence-corrected chi connectivity index (χ2v) is 3.02. The van der Waals surface area contributed by atoms with Crippen LogP contribution < -0.4 is 10.5 Å². The third-order valence-corrected chi connectivity index (χ3v) is 2.09. The van der Waals surface area contributed by atoms with E-state index in [9.17, 15) is 14.5 Å². The average Bonchev–Trinajstić information content (AvgIpc) is 2.46. The van der Waals surface area contributed by atoms with E-state index in [0.717, 1.165) is 12.1 Å². The topological polar surface area (TPSA) is 78.4 Å². The van der Waals surface area contributed by atoms with Gasteiger partial charge in [0, 0.05) is 5.56 Å². The Bertz CT molecular complexity index is 408. The SMILES string of the molecule is NC1COc2cc([N+](=O)[O-])c(F)cc21. The van der Waals surface area contributed by atoms with Gasteiger partial charge in [-0.05, 0) is 6.07 Å². The number of nitrogens with zero attached hydrogens (tertiary/aromatic N) is 1. The number of fused-ring (bicyclic) bond motifs is 1. The van der Waals surface area contributed by atoms with Crippen molar-refractivity contribution in [3.8, 4) is 5.75 Å². The minimum absolute atomic E-state index is 0.232. The molecular formula is C8H7FN2O3. The molecule has 2 rings (SSSR count). The predicted molar refractivity (Wildman–Crippen MR) is 45.5 cm³/mol. The van der Waals surface area contributed by atoms with Gasteiger partial charge in [0.05, 0.1) is 17.0 Å². The summed E-state index contributed by atoms with van der Waals surface area (Å²) in [4.78, 5) is 9.59. The largest absolute Gasteiger partial charge is 0.491 e. The molecule has 0 saturated carbocycles. The number of halogens is 1. The van der Waals surface area contributed by atoms with Crippen LogP contribution in [0.2, 0.25) is 0 Å². The summed E-state index contributed by atoms with van der Waals surface area (Å²) in [6.45, 7) is 0.232. The Labute approximate surface area is 78.4 Å². The zero-order valence-corrected chi connectivity index (χ0v) is 7.07. The third kappa shape index (κ3) is 1.20. The van der Waals surface area contributed by atoms with Crippen molar-refractivity contribution in [3.05, 3.63) is 33.6 Å². The quantitative estimate of drug-likeness (QED) is 0.541.